The van der Waals surface area contributed by atoms with Crippen molar-refractivity contribution in [3.63, 3.8) is 0 Å². The van der Waals surface area contributed by atoms with Gasteiger partial charge in [-0.2, -0.15) is 0 Å². The smallest absolute Gasteiger partial charge is 0.180 e. The number of rotatable bonds is 4. The van der Waals surface area contributed by atoms with E-state index in [1.165, 1.54) is 0 Å². The highest BCUT2D eigenvalue weighted by atomic mass is 35.5. The molecule has 0 radical (unpaired) electrons. The van der Waals surface area contributed by atoms with Gasteiger partial charge in [-0.15, -0.1) is 12.4 Å². The van der Waals surface area contributed by atoms with Gasteiger partial charge in [-0.1, -0.05) is 13.3 Å². The van der Waals surface area contributed by atoms with Crippen molar-refractivity contribution in [1.82, 2.24) is 0 Å². The molecule has 0 rings (SSSR count). The van der Waals surface area contributed by atoms with E-state index in [0.717, 1.165) is 19.3 Å². The second kappa shape index (κ2) is 8.76. The van der Waals surface area contributed by atoms with Crippen molar-refractivity contribution in [1.29, 1.82) is 5.41 Å². The first kappa shape index (κ1) is 12.4. The molecule has 2 nitrogen and oxygen atoms in total. The zero-order valence-electron chi connectivity index (χ0n) is 6.64. The number of hydrogen-bond donors (Lipinski definition) is 1. The fraction of sp³-hybridized carbons (Fsp3) is 0.857. The summed E-state index contributed by atoms with van der Waals surface area (Å²) in [7, 11) is 0. The van der Waals surface area contributed by atoms with Gasteiger partial charge in [-0.25, -0.2) is 0 Å². The summed E-state index contributed by atoms with van der Waals surface area (Å²) in [6.07, 6.45) is 3.00. The maximum Gasteiger partial charge on any atom is 0.180 e. The van der Waals surface area contributed by atoms with Gasteiger partial charge in [0.25, 0.3) is 0 Å². The average molecular weight is 166 g/mol. The second-order valence-electron chi connectivity index (χ2n) is 1.96. The van der Waals surface area contributed by atoms with E-state index in [1.54, 1.807) is 0 Å². The van der Waals surface area contributed by atoms with Crippen LogP contribution in [0.3, 0.4) is 0 Å². The van der Waals surface area contributed by atoms with Gasteiger partial charge < -0.3 is 4.74 Å². The molecule has 0 atom stereocenters. The van der Waals surface area contributed by atoms with E-state index < -0.39 is 0 Å². The third-order valence-electron chi connectivity index (χ3n) is 1.08. The topological polar surface area (TPSA) is 33.1 Å². The summed E-state index contributed by atoms with van der Waals surface area (Å²) in [5.41, 5.74) is 0. The van der Waals surface area contributed by atoms with Crippen LogP contribution in [0.5, 0.6) is 0 Å². The summed E-state index contributed by atoms with van der Waals surface area (Å²) < 4.78 is 4.93. The first-order valence-electron chi connectivity index (χ1n) is 3.51. The molecule has 0 amide bonds. The number of ether oxygens (including phenoxy) is 1. The van der Waals surface area contributed by atoms with Crippen LogP contribution >= 0.6 is 12.4 Å². The van der Waals surface area contributed by atoms with E-state index in [4.69, 9.17) is 10.1 Å². The SMILES string of the molecule is CCCCC(=N)OCC.Cl. The average Bonchev–Trinajstić information content (AvgIpc) is 1.85. The molecular formula is C7H16ClNO. The monoisotopic (exact) mass is 165 g/mol. The van der Waals surface area contributed by atoms with Crippen LogP contribution in [0.4, 0.5) is 0 Å². The van der Waals surface area contributed by atoms with Crippen molar-refractivity contribution in [3.05, 3.63) is 0 Å². The van der Waals surface area contributed by atoms with Crippen molar-refractivity contribution in [3.8, 4) is 0 Å². The lowest BCUT2D eigenvalue weighted by Crippen LogP contribution is -2.01. The quantitative estimate of drug-likeness (QED) is 0.504. The fourth-order valence-corrected chi connectivity index (χ4v) is 0.584. The summed E-state index contributed by atoms with van der Waals surface area (Å²) in [6, 6.07) is 0. The lowest BCUT2D eigenvalue weighted by atomic mass is 10.2. The van der Waals surface area contributed by atoms with Crippen LogP contribution < -0.4 is 0 Å². The Morgan fingerprint density at radius 3 is 2.40 bits per heavy atom. The molecule has 0 spiro atoms. The zero-order chi connectivity index (χ0) is 7.11. The van der Waals surface area contributed by atoms with Gasteiger partial charge in [-0.05, 0) is 13.3 Å². The third-order valence-corrected chi connectivity index (χ3v) is 1.08. The molecule has 1 N–H and O–H groups in total. The number of halogens is 1. The number of unbranched alkanes of at least 4 members (excludes halogenated alkanes) is 1. The van der Waals surface area contributed by atoms with Gasteiger partial charge in [0.2, 0.25) is 0 Å². The lowest BCUT2D eigenvalue weighted by Gasteiger charge is -2.01. The first-order chi connectivity index (χ1) is 4.31. The molecule has 0 aromatic rings. The third kappa shape index (κ3) is 7.76. The van der Waals surface area contributed by atoms with Crippen LogP contribution in [0.25, 0.3) is 0 Å². The Labute approximate surface area is 68.9 Å². The highest BCUT2D eigenvalue weighted by Gasteiger charge is 1.92. The highest BCUT2D eigenvalue weighted by molar-refractivity contribution is 5.85. The van der Waals surface area contributed by atoms with Crippen LogP contribution in [0, 0.1) is 5.41 Å². The van der Waals surface area contributed by atoms with E-state index in [1.807, 2.05) is 6.92 Å². The molecule has 3 heteroatoms. The van der Waals surface area contributed by atoms with Crippen molar-refractivity contribution < 1.29 is 4.74 Å². The van der Waals surface area contributed by atoms with Gasteiger partial charge in [0.15, 0.2) is 5.90 Å². The van der Waals surface area contributed by atoms with Gasteiger partial charge in [0, 0.05) is 6.42 Å². The minimum Gasteiger partial charge on any atom is -0.481 e. The van der Waals surface area contributed by atoms with E-state index >= 15 is 0 Å². The molecule has 10 heavy (non-hydrogen) atoms. The van der Waals surface area contributed by atoms with Crippen LogP contribution in [0.15, 0.2) is 0 Å². The number of nitrogens with one attached hydrogen (secondary N) is 1. The molecule has 0 aromatic heterocycles. The summed E-state index contributed by atoms with van der Waals surface area (Å²) in [4.78, 5) is 0. The maximum atomic E-state index is 7.17. The Bertz CT molecular complexity index is 85.7. The van der Waals surface area contributed by atoms with Crippen molar-refractivity contribution in [2.45, 2.75) is 33.1 Å². The second-order valence-corrected chi connectivity index (χ2v) is 1.96. The van der Waals surface area contributed by atoms with E-state index in [9.17, 15) is 0 Å². The van der Waals surface area contributed by atoms with Gasteiger partial charge >= 0.3 is 0 Å². The largest absolute Gasteiger partial charge is 0.481 e. The van der Waals surface area contributed by atoms with Crippen LogP contribution in [0.2, 0.25) is 0 Å². The Balaban J connectivity index is 0. The Kier molecular flexibility index (Phi) is 10.9. The minimum absolute atomic E-state index is 0. The molecule has 0 aliphatic carbocycles. The van der Waals surface area contributed by atoms with E-state index in [0.29, 0.717) is 12.5 Å². The highest BCUT2D eigenvalue weighted by Crippen LogP contribution is 1.95. The summed E-state index contributed by atoms with van der Waals surface area (Å²) in [6.45, 7) is 4.64. The maximum absolute atomic E-state index is 7.17. The van der Waals surface area contributed by atoms with E-state index in [-0.39, 0.29) is 12.4 Å². The van der Waals surface area contributed by atoms with Crippen molar-refractivity contribution >= 4 is 18.3 Å². The zero-order valence-corrected chi connectivity index (χ0v) is 7.46. The molecule has 0 unspecified atom stereocenters. The predicted octanol–water partition coefficient (Wildman–Crippen LogP) is 2.61. The van der Waals surface area contributed by atoms with Crippen molar-refractivity contribution in [2.75, 3.05) is 6.61 Å². The molecule has 0 aromatic carbocycles. The normalized spacial score (nSPS) is 8.20. The minimum atomic E-state index is 0. The van der Waals surface area contributed by atoms with Gasteiger partial charge in [-0.3, -0.25) is 5.41 Å². The molecule has 0 bridgehead atoms. The van der Waals surface area contributed by atoms with Gasteiger partial charge in [0.05, 0.1) is 6.61 Å². The molecular weight excluding hydrogens is 150 g/mol. The first-order valence-corrected chi connectivity index (χ1v) is 3.51. The van der Waals surface area contributed by atoms with E-state index in [2.05, 4.69) is 6.92 Å². The molecule has 0 aliphatic rings. The lowest BCUT2D eigenvalue weighted by molar-refractivity contribution is 0.313. The summed E-state index contributed by atoms with van der Waals surface area (Å²) >= 11 is 0. The predicted molar refractivity (Wildman–Crippen MR) is 46.1 cm³/mol. The molecule has 0 aliphatic heterocycles. The summed E-state index contributed by atoms with van der Waals surface area (Å²) in [5, 5.41) is 7.17. The Hall–Kier alpha value is -0.240. The van der Waals surface area contributed by atoms with Crippen LogP contribution in [-0.4, -0.2) is 12.5 Å². The Morgan fingerprint density at radius 1 is 1.40 bits per heavy atom. The van der Waals surface area contributed by atoms with Gasteiger partial charge in [0.1, 0.15) is 0 Å². The molecule has 0 saturated carbocycles. The van der Waals surface area contributed by atoms with Crippen LogP contribution in [-0.2, 0) is 4.74 Å². The summed E-state index contributed by atoms with van der Waals surface area (Å²) in [5.74, 6) is 0.430. The standard InChI is InChI=1S/C7H15NO.ClH/c1-3-5-6-7(8)9-4-2;/h8H,3-6H2,1-2H3;1H. The molecule has 62 valence electrons. The van der Waals surface area contributed by atoms with Crippen molar-refractivity contribution in [2.24, 2.45) is 0 Å². The molecule has 0 saturated heterocycles. The number of hydrogen-bond acceptors (Lipinski definition) is 2. The molecule has 0 heterocycles. The fourth-order valence-electron chi connectivity index (χ4n) is 0.584. The molecule has 0 fully saturated rings. The van der Waals surface area contributed by atoms with Crippen LogP contribution in [0.1, 0.15) is 33.1 Å². The Morgan fingerprint density at radius 2 is 2.00 bits per heavy atom.